The molecule has 2 aromatic carbocycles. The second-order valence-electron chi connectivity index (χ2n) is 5.85. The number of amides is 1. The van der Waals surface area contributed by atoms with Gasteiger partial charge in [-0.15, -0.1) is 0 Å². The number of phenolic OH excluding ortho intramolecular Hbond substituents is 1. The van der Waals surface area contributed by atoms with Crippen LogP contribution in [0.25, 0.3) is 0 Å². The first-order chi connectivity index (χ1) is 12.7. The largest absolute Gasteiger partial charge is 0.506 e. The van der Waals surface area contributed by atoms with E-state index in [2.05, 4.69) is 69.0 Å². The van der Waals surface area contributed by atoms with Crippen LogP contribution in [0, 0.1) is 0 Å². The lowest BCUT2D eigenvalue weighted by atomic mass is 10.1. The van der Waals surface area contributed by atoms with Crippen molar-refractivity contribution in [3.8, 4) is 11.5 Å². The van der Waals surface area contributed by atoms with Crippen molar-refractivity contribution in [1.82, 2.24) is 5.32 Å². The summed E-state index contributed by atoms with van der Waals surface area (Å²) in [5.41, 5.74) is 7.94. The van der Waals surface area contributed by atoms with Crippen molar-refractivity contribution in [2.45, 2.75) is 18.9 Å². The van der Waals surface area contributed by atoms with E-state index >= 15 is 0 Å². The topological polar surface area (TPSA) is 84.6 Å². The highest BCUT2D eigenvalue weighted by Gasteiger charge is 2.16. The Balaban J connectivity index is 1.91. The minimum Gasteiger partial charge on any atom is -0.506 e. The third-order valence-corrected chi connectivity index (χ3v) is 6.23. The van der Waals surface area contributed by atoms with E-state index in [9.17, 15) is 9.90 Å². The monoisotopic (exact) mass is 626 g/mol. The van der Waals surface area contributed by atoms with E-state index < -0.39 is 6.04 Å². The first-order valence-corrected chi connectivity index (χ1v) is 11.1. The molecule has 0 aromatic heterocycles. The van der Waals surface area contributed by atoms with Crippen LogP contribution in [0.1, 0.15) is 11.1 Å². The molecule has 0 saturated heterocycles. The number of carbonyl (C=O) groups excluding carboxylic acids is 1. The highest BCUT2D eigenvalue weighted by atomic mass is 79.9. The molecule has 5 nitrogen and oxygen atoms in total. The number of ether oxygens (including phenoxy) is 1. The van der Waals surface area contributed by atoms with Crippen molar-refractivity contribution in [2.24, 2.45) is 5.73 Å². The molecule has 0 fully saturated rings. The summed E-state index contributed by atoms with van der Waals surface area (Å²) < 4.78 is 8.07. The zero-order chi connectivity index (χ0) is 20.1. The quantitative estimate of drug-likeness (QED) is 0.416. The summed E-state index contributed by atoms with van der Waals surface area (Å²) in [5.74, 6) is 0.639. The SMILES string of the molecule is COc1c(Br)cc(C[C@@H](N)C(=O)NCCc2cc(Br)c(O)c(Br)c2)cc1Br. The van der Waals surface area contributed by atoms with E-state index in [4.69, 9.17) is 10.5 Å². The third-order valence-electron chi connectivity index (χ3n) is 3.84. The van der Waals surface area contributed by atoms with E-state index in [1.165, 1.54) is 0 Å². The smallest absolute Gasteiger partial charge is 0.237 e. The molecule has 1 atom stereocenters. The van der Waals surface area contributed by atoms with Gasteiger partial charge in [0.05, 0.1) is 31.0 Å². The normalized spacial score (nSPS) is 11.9. The first-order valence-electron chi connectivity index (χ1n) is 7.95. The lowest BCUT2D eigenvalue weighted by molar-refractivity contribution is -0.122. The maximum atomic E-state index is 12.3. The third kappa shape index (κ3) is 6.19. The summed E-state index contributed by atoms with van der Waals surface area (Å²) in [4.78, 5) is 12.3. The highest BCUT2D eigenvalue weighted by Crippen LogP contribution is 2.35. The van der Waals surface area contributed by atoms with Crippen LogP contribution in [0.3, 0.4) is 0 Å². The second kappa shape index (κ2) is 10.2. The predicted octanol–water partition coefficient (Wildman–Crippen LogP) is 4.68. The number of rotatable bonds is 7. The van der Waals surface area contributed by atoms with Crippen molar-refractivity contribution >= 4 is 69.6 Å². The zero-order valence-electron chi connectivity index (χ0n) is 14.4. The fourth-order valence-electron chi connectivity index (χ4n) is 2.50. The van der Waals surface area contributed by atoms with Gasteiger partial charge in [0, 0.05) is 6.54 Å². The fraction of sp³-hybridized carbons (Fsp3) is 0.278. The Morgan fingerprint density at radius 3 is 2.11 bits per heavy atom. The molecule has 1 amide bonds. The molecule has 2 aromatic rings. The Labute approximate surface area is 191 Å². The fourth-order valence-corrected chi connectivity index (χ4v) is 5.38. The van der Waals surface area contributed by atoms with Gasteiger partial charge in [-0.3, -0.25) is 4.79 Å². The summed E-state index contributed by atoms with van der Waals surface area (Å²) in [6.45, 7) is 0.451. The Morgan fingerprint density at radius 1 is 1.07 bits per heavy atom. The molecule has 0 heterocycles. The molecule has 9 heteroatoms. The van der Waals surface area contributed by atoms with Gasteiger partial charge in [0.25, 0.3) is 0 Å². The van der Waals surface area contributed by atoms with Crippen LogP contribution >= 0.6 is 63.7 Å². The molecular formula is C18H18Br4N2O3. The minimum atomic E-state index is -0.657. The zero-order valence-corrected chi connectivity index (χ0v) is 20.7. The summed E-state index contributed by atoms with van der Waals surface area (Å²) in [5, 5.41) is 12.6. The lowest BCUT2D eigenvalue weighted by Crippen LogP contribution is -2.42. The summed E-state index contributed by atoms with van der Waals surface area (Å²) in [6.07, 6.45) is 1.03. The number of carbonyl (C=O) groups is 1. The van der Waals surface area contributed by atoms with Crippen molar-refractivity contribution in [3.05, 3.63) is 53.3 Å². The van der Waals surface area contributed by atoms with Gasteiger partial charge in [-0.05, 0) is 112 Å². The van der Waals surface area contributed by atoms with E-state index in [1.54, 1.807) is 7.11 Å². The predicted molar refractivity (Wildman–Crippen MR) is 120 cm³/mol. The van der Waals surface area contributed by atoms with Crippen LogP contribution in [0.15, 0.2) is 42.2 Å². The molecule has 0 bridgehead atoms. The second-order valence-corrected chi connectivity index (χ2v) is 9.27. The number of nitrogens with one attached hydrogen (secondary N) is 1. The van der Waals surface area contributed by atoms with Crippen molar-refractivity contribution < 1.29 is 14.6 Å². The van der Waals surface area contributed by atoms with Gasteiger partial charge >= 0.3 is 0 Å². The number of methoxy groups -OCH3 is 1. The molecule has 27 heavy (non-hydrogen) atoms. The van der Waals surface area contributed by atoms with Gasteiger partial charge in [0.1, 0.15) is 11.5 Å². The van der Waals surface area contributed by atoms with Gasteiger partial charge in [-0.25, -0.2) is 0 Å². The molecule has 0 spiro atoms. The van der Waals surface area contributed by atoms with E-state index in [0.29, 0.717) is 34.1 Å². The maximum absolute atomic E-state index is 12.3. The Morgan fingerprint density at radius 2 is 1.59 bits per heavy atom. The van der Waals surface area contributed by atoms with Crippen LogP contribution in [-0.4, -0.2) is 30.7 Å². The van der Waals surface area contributed by atoms with Crippen LogP contribution in [0.2, 0.25) is 0 Å². The highest BCUT2D eigenvalue weighted by molar-refractivity contribution is 9.11. The standard InChI is InChI=1S/C18H18Br4N2O3/c1-27-17-13(21)6-10(7-14(17)22)8-15(23)18(26)24-3-2-9-4-11(19)16(25)12(20)5-9/h4-7,15,25H,2-3,8,23H2,1H3,(H,24,26)/t15-/m1/s1. The Hall–Kier alpha value is -0.610. The molecule has 0 aliphatic heterocycles. The number of hydrogen-bond donors (Lipinski definition) is 3. The van der Waals surface area contributed by atoms with Crippen LogP contribution in [-0.2, 0) is 17.6 Å². The molecule has 0 unspecified atom stereocenters. The average Bonchev–Trinajstić information content (AvgIpc) is 2.59. The van der Waals surface area contributed by atoms with E-state index in [0.717, 1.165) is 20.1 Å². The average molecular weight is 630 g/mol. The number of nitrogens with two attached hydrogens (primary N) is 1. The van der Waals surface area contributed by atoms with Gasteiger partial charge < -0.3 is 20.9 Å². The summed E-state index contributed by atoms with van der Waals surface area (Å²) >= 11 is 13.5. The van der Waals surface area contributed by atoms with E-state index in [-0.39, 0.29) is 11.7 Å². The summed E-state index contributed by atoms with van der Waals surface area (Å²) in [6, 6.07) is 6.76. The minimum absolute atomic E-state index is 0.154. The molecule has 2 rings (SSSR count). The van der Waals surface area contributed by atoms with Crippen molar-refractivity contribution in [1.29, 1.82) is 0 Å². The van der Waals surface area contributed by atoms with E-state index in [1.807, 2.05) is 24.3 Å². The number of benzene rings is 2. The molecule has 0 saturated carbocycles. The number of phenols is 1. The Kier molecular flexibility index (Phi) is 8.61. The maximum Gasteiger partial charge on any atom is 0.237 e. The first kappa shape index (κ1) is 22.7. The lowest BCUT2D eigenvalue weighted by Gasteiger charge is -2.14. The van der Waals surface area contributed by atoms with Crippen LogP contribution in [0.5, 0.6) is 11.5 Å². The molecular weight excluding hydrogens is 612 g/mol. The van der Waals surface area contributed by atoms with Crippen molar-refractivity contribution in [2.75, 3.05) is 13.7 Å². The Bertz CT molecular complexity index is 799. The number of aromatic hydroxyl groups is 1. The van der Waals surface area contributed by atoms with Crippen LogP contribution in [0.4, 0.5) is 0 Å². The summed E-state index contributed by atoms with van der Waals surface area (Å²) in [7, 11) is 1.59. The van der Waals surface area contributed by atoms with Gasteiger partial charge in [0.15, 0.2) is 0 Å². The van der Waals surface area contributed by atoms with Crippen molar-refractivity contribution in [3.63, 3.8) is 0 Å². The van der Waals surface area contributed by atoms with Gasteiger partial charge in [-0.1, -0.05) is 0 Å². The van der Waals surface area contributed by atoms with Crippen LogP contribution < -0.4 is 15.8 Å². The molecule has 0 aliphatic carbocycles. The molecule has 146 valence electrons. The number of halogens is 4. The molecule has 0 aliphatic rings. The molecule has 0 radical (unpaired) electrons. The molecule has 4 N–H and O–H groups in total. The number of hydrogen-bond acceptors (Lipinski definition) is 4. The van der Waals surface area contributed by atoms with Gasteiger partial charge in [0.2, 0.25) is 5.91 Å². The van der Waals surface area contributed by atoms with Gasteiger partial charge in [-0.2, -0.15) is 0 Å².